The van der Waals surface area contributed by atoms with Gasteiger partial charge in [-0.15, -0.1) is 0 Å². The van der Waals surface area contributed by atoms with Crippen molar-refractivity contribution in [1.29, 1.82) is 0 Å². The van der Waals surface area contributed by atoms with Crippen molar-refractivity contribution in [2.45, 2.75) is 33.2 Å². The Morgan fingerprint density at radius 2 is 2.12 bits per heavy atom. The SMILES string of the molecule is CC.CC(=O)C1CCN(CCNC=O)N1C. The Labute approximate surface area is 97.8 Å². The molecule has 1 N–H and O–H groups in total. The summed E-state index contributed by atoms with van der Waals surface area (Å²) in [6, 6.07) is 0.0197. The van der Waals surface area contributed by atoms with Crippen LogP contribution in [0.1, 0.15) is 27.2 Å². The summed E-state index contributed by atoms with van der Waals surface area (Å²) in [7, 11) is 1.92. The zero-order valence-electron chi connectivity index (χ0n) is 10.7. The van der Waals surface area contributed by atoms with E-state index in [1.165, 1.54) is 0 Å². The number of nitrogens with one attached hydrogen (secondary N) is 1. The molecule has 1 atom stereocenters. The minimum absolute atomic E-state index is 0.0197. The molecule has 5 nitrogen and oxygen atoms in total. The van der Waals surface area contributed by atoms with E-state index in [0.717, 1.165) is 19.5 Å². The van der Waals surface area contributed by atoms with Crippen molar-refractivity contribution < 1.29 is 9.59 Å². The molecule has 16 heavy (non-hydrogen) atoms. The fraction of sp³-hybridized carbons (Fsp3) is 0.818. The highest BCUT2D eigenvalue weighted by Gasteiger charge is 2.30. The summed E-state index contributed by atoms with van der Waals surface area (Å²) in [5.41, 5.74) is 0. The molecule has 94 valence electrons. The lowest BCUT2D eigenvalue weighted by atomic mass is 10.1. The molecular formula is C11H23N3O2. The van der Waals surface area contributed by atoms with E-state index >= 15 is 0 Å². The van der Waals surface area contributed by atoms with Crippen molar-refractivity contribution in [2.75, 3.05) is 26.7 Å². The lowest BCUT2D eigenvalue weighted by Crippen LogP contribution is -2.43. The average Bonchev–Trinajstić information content (AvgIpc) is 2.64. The maximum atomic E-state index is 11.2. The van der Waals surface area contributed by atoms with E-state index in [1.54, 1.807) is 6.92 Å². The predicted octanol–water partition coefficient (Wildman–Crippen LogP) is 0.269. The van der Waals surface area contributed by atoms with Gasteiger partial charge in [-0.1, -0.05) is 13.8 Å². The molecule has 0 saturated carbocycles. The van der Waals surface area contributed by atoms with E-state index in [0.29, 0.717) is 13.0 Å². The minimum atomic E-state index is 0.0197. The van der Waals surface area contributed by atoms with Crippen molar-refractivity contribution in [2.24, 2.45) is 0 Å². The molecule has 1 rings (SSSR count). The molecule has 1 aliphatic heterocycles. The van der Waals surface area contributed by atoms with Crippen LogP contribution < -0.4 is 5.32 Å². The number of hydrogen-bond acceptors (Lipinski definition) is 4. The Kier molecular flexibility index (Phi) is 7.76. The van der Waals surface area contributed by atoms with E-state index in [4.69, 9.17) is 0 Å². The van der Waals surface area contributed by atoms with Crippen molar-refractivity contribution in [3.05, 3.63) is 0 Å². The van der Waals surface area contributed by atoms with Crippen LogP contribution in [0.5, 0.6) is 0 Å². The summed E-state index contributed by atoms with van der Waals surface area (Å²) < 4.78 is 0. The van der Waals surface area contributed by atoms with Crippen LogP contribution >= 0.6 is 0 Å². The summed E-state index contributed by atoms with van der Waals surface area (Å²) in [5.74, 6) is 0.207. The van der Waals surface area contributed by atoms with Gasteiger partial charge in [-0.3, -0.25) is 9.59 Å². The molecule has 1 heterocycles. The number of hydrogen-bond donors (Lipinski definition) is 1. The van der Waals surface area contributed by atoms with Crippen molar-refractivity contribution >= 4 is 12.2 Å². The second kappa shape index (κ2) is 8.24. The van der Waals surface area contributed by atoms with Gasteiger partial charge in [0.05, 0.1) is 6.04 Å². The van der Waals surface area contributed by atoms with Gasteiger partial charge in [0.15, 0.2) is 0 Å². The number of rotatable bonds is 5. The van der Waals surface area contributed by atoms with Crippen molar-refractivity contribution in [3.8, 4) is 0 Å². The molecule has 1 unspecified atom stereocenters. The number of amides is 1. The summed E-state index contributed by atoms with van der Waals surface area (Å²) >= 11 is 0. The van der Waals surface area contributed by atoms with Crippen LogP contribution in [0.3, 0.4) is 0 Å². The molecule has 5 heteroatoms. The van der Waals surface area contributed by atoms with Gasteiger partial charge in [0.25, 0.3) is 0 Å². The van der Waals surface area contributed by atoms with Gasteiger partial charge in [-0.25, -0.2) is 10.0 Å². The molecular weight excluding hydrogens is 206 g/mol. The number of ketones is 1. The smallest absolute Gasteiger partial charge is 0.207 e. The van der Waals surface area contributed by atoms with Crippen LogP contribution in [0.4, 0.5) is 0 Å². The first kappa shape index (κ1) is 15.1. The van der Waals surface area contributed by atoms with Gasteiger partial charge in [-0.2, -0.15) is 0 Å². The molecule has 0 radical (unpaired) electrons. The zero-order valence-corrected chi connectivity index (χ0v) is 10.7. The second-order valence-corrected chi connectivity index (χ2v) is 3.51. The average molecular weight is 229 g/mol. The molecule has 0 aromatic rings. The van der Waals surface area contributed by atoms with Crippen molar-refractivity contribution in [1.82, 2.24) is 15.3 Å². The highest BCUT2D eigenvalue weighted by molar-refractivity contribution is 5.81. The highest BCUT2D eigenvalue weighted by atomic mass is 16.1. The Balaban J connectivity index is 0.00000106. The van der Waals surface area contributed by atoms with Crippen LogP contribution in [0.15, 0.2) is 0 Å². The molecule has 0 spiro atoms. The van der Waals surface area contributed by atoms with Crippen LogP contribution in [-0.4, -0.2) is 54.9 Å². The van der Waals surface area contributed by atoms with E-state index < -0.39 is 0 Å². The number of carbonyl (C=O) groups is 2. The van der Waals surface area contributed by atoms with Gasteiger partial charge in [-0.05, 0) is 13.3 Å². The maximum Gasteiger partial charge on any atom is 0.207 e. The van der Waals surface area contributed by atoms with E-state index in [9.17, 15) is 9.59 Å². The number of nitrogens with zero attached hydrogens (tertiary/aromatic N) is 2. The van der Waals surface area contributed by atoms with Gasteiger partial charge < -0.3 is 5.32 Å². The van der Waals surface area contributed by atoms with Gasteiger partial charge in [0.1, 0.15) is 5.78 Å². The third kappa shape index (κ3) is 4.28. The third-order valence-corrected chi connectivity index (χ3v) is 2.62. The minimum Gasteiger partial charge on any atom is -0.357 e. The Hall–Kier alpha value is -0.940. The topological polar surface area (TPSA) is 52.7 Å². The maximum absolute atomic E-state index is 11.2. The van der Waals surface area contributed by atoms with Gasteiger partial charge >= 0.3 is 0 Å². The monoisotopic (exact) mass is 229 g/mol. The van der Waals surface area contributed by atoms with E-state index in [-0.39, 0.29) is 11.8 Å². The normalized spacial score (nSPS) is 21.1. The fourth-order valence-corrected chi connectivity index (χ4v) is 1.80. The first-order chi connectivity index (χ1) is 7.66. The van der Waals surface area contributed by atoms with Crippen LogP contribution in [0, 0.1) is 0 Å². The van der Waals surface area contributed by atoms with E-state index in [2.05, 4.69) is 10.3 Å². The fourth-order valence-electron chi connectivity index (χ4n) is 1.80. The molecule has 0 aromatic carbocycles. The molecule has 1 aliphatic rings. The zero-order chi connectivity index (χ0) is 12.6. The standard InChI is InChI=1S/C9H17N3O2.C2H6/c1-8(14)9-3-5-12(11(9)2)6-4-10-7-13;1-2/h7,9H,3-6H2,1-2H3,(H,10,13);1-2H3. The predicted molar refractivity (Wildman–Crippen MR) is 63.8 cm³/mol. The van der Waals surface area contributed by atoms with Crippen LogP contribution in [0.2, 0.25) is 0 Å². The molecule has 1 saturated heterocycles. The van der Waals surface area contributed by atoms with Crippen molar-refractivity contribution in [3.63, 3.8) is 0 Å². The molecule has 1 amide bonds. The molecule has 1 fully saturated rings. The number of hydrazine groups is 1. The Bertz CT molecular complexity index is 221. The number of Topliss-reactive ketones (excluding diaryl/α,β-unsaturated/α-hetero) is 1. The first-order valence-electron chi connectivity index (χ1n) is 5.82. The molecule has 0 aromatic heterocycles. The van der Waals surface area contributed by atoms with Crippen LogP contribution in [0.25, 0.3) is 0 Å². The summed E-state index contributed by atoms with van der Waals surface area (Å²) in [6.45, 7) is 7.90. The molecule has 0 aliphatic carbocycles. The molecule has 0 bridgehead atoms. The Morgan fingerprint density at radius 1 is 1.50 bits per heavy atom. The lowest BCUT2D eigenvalue weighted by molar-refractivity contribution is -0.124. The number of carbonyl (C=O) groups excluding carboxylic acids is 2. The first-order valence-corrected chi connectivity index (χ1v) is 5.82. The van der Waals surface area contributed by atoms with Gasteiger partial charge in [0, 0.05) is 26.7 Å². The quantitative estimate of drug-likeness (QED) is 0.543. The third-order valence-electron chi connectivity index (χ3n) is 2.62. The van der Waals surface area contributed by atoms with E-state index in [1.807, 2.05) is 25.9 Å². The largest absolute Gasteiger partial charge is 0.357 e. The van der Waals surface area contributed by atoms with Gasteiger partial charge in [0.2, 0.25) is 6.41 Å². The highest BCUT2D eigenvalue weighted by Crippen LogP contribution is 2.15. The number of likely N-dealkylation sites (N-methyl/N-ethyl adjacent to an activating group) is 1. The summed E-state index contributed by atoms with van der Waals surface area (Å²) in [6.07, 6.45) is 1.57. The summed E-state index contributed by atoms with van der Waals surface area (Å²) in [5, 5.41) is 6.66. The Morgan fingerprint density at radius 3 is 2.56 bits per heavy atom. The van der Waals surface area contributed by atoms with Crippen LogP contribution in [-0.2, 0) is 9.59 Å². The second-order valence-electron chi connectivity index (χ2n) is 3.51. The lowest BCUT2D eigenvalue weighted by Gasteiger charge is -2.26. The summed E-state index contributed by atoms with van der Waals surface area (Å²) in [4.78, 5) is 21.2.